The molecule has 0 aliphatic carbocycles. The Morgan fingerprint density at radius 3 is 2.50 bits per heavy atom. The minimum Gasteiger partial charge on any atom is -0.487 e. The molecule has 2 N–H and O–H groups in total. The average Bonchev–Trinajstić information content (AvgIpc) is 2.14. The topological polar surface area (TPSA) is 38.5 Å². The molecule has 88 valence electrons. The van der Waals surface area contributed by atoms with Crippen molar-refractivity contribution in [3.63, 3.8) is 0 Å². The van der Waals surface area contributed by atoms with Gasteiger partial charge < -0.3 is 10.5 Å². The van der Waals surface area contributed by atoms with Crippen LogP contribution in [0.4, 0.5) is 0 Å². The molecule has 0 unspecified atom stereocenters. The van der Waals surface area contributed by atoms with Gasteiger partial charge in [0.25, 0.3) is 0 Å². The summed E-state index contributed by atoms with van der Waals surface area (Å²) in [5.74, 6) is 0.924. The maximum absolute atomic E-state index is 6.13. The molecule has 1 saturated heterocycles. The van der Waals surface area contributed by atoms with Gasteiger partial charge in [-0.25, -0.2) is 0 Å². The lowest BCUT2D eigenvalue weighted by Gasteiger charge is -2.37. The molecule has 0 atom stereocenters. The van der Waals surface area contributed by atoms with Crippen LogP contribution >= 0.6 is 0 Å². The molecule has 1 fully saturated rings. The summed E-state index contributed by atoms with van der Waals surface area (Å²) >= 11 is 0. The second-order valence-corrected chi connectivity index (χ2v) is 5.18. The first-order chi connectivity index (χ1) is 7.47. The minimum absolute atomic E-state index is 0.313. The fourth-order valence-corrected chi connectivity index (χ4v) is 2.00. The van der Waals surface area contributed by atoms with Crippen LogP contribution in [0.5, 0.6) is 5.75 Å². The van der Waals surface area contributed by atoms with Crippen LogP contribution in [0.15, 0.2) is 24.3 Å². The number of hydrogen-bond donors (Lipinski definition) is 1. The number of nitrogens with zero attached hydrogens (tertiary/aromatic N) is 1. The average molecular weight is 220 g/mol. The third-order valence-corrected chi connectivity index (χ3v) is 2.91. The summed E-state index contributed by atoms with van der Waals surface area (Å²) in [6.07, 6.45) is 0.313. The maximum Gasteiger partial charge on any atom is 0.124 e. The number of ether oxygens (including phenoxy) is 1. The van der Waals surface area contributed by atoms with Crippen LogP contribution < -0.4 is 10.5 Å². The first-order valence-corrected chi connectivity index (χ1v) is 5.70. The normalized spacial score (nSPS) is 18.2. The molecule has 3 nitrogen and oxygen atoms in total. The molecule has 16 heavy (non-hydrogen) atoms. The zero-order chi connectivity index (χ0) is 11.8. The highest BCUT2D eigenvalue weighted by Crippen LogP contribution is 2.29. The number of likely N-dealkylation sites (tertiary alicyclic amines) is 1. The van der Waals surface area contributed by atoms with E-state index in [4.69, 9.17) is 10.5 Å². The van der Waals surface area contributed by atoms with Gasteiger partial charge in [0.2, 0.25) is 0 Å². The SMILES string of the molecule is CN1CC(Oc2ccccc2C(C)(C)N)C1. The standard InChI is InChI=1S/C13H20N2O/c1-13(2,14)11-6-4-5-7-12(11)16-10-8-15(3)9-10/h4-7,10H,8-9,14H2,1-3H3. The predicted molar refractivity (Wildman–Crippen MR) is 65.6 cm³/mol. The minimum atomic E-state index is -0.355. The molecule has 0 radical (unpaired) electrons. The highest BCUT2D eigenvalue weighted by atomic mass is 16.5. The summed E-state index contributed by atoms with van der Waals surface area (Å²) in [6.45, 7) is 6.00. The van der Waals surface area contributed by atoms with Crippen LogP contribution in [0.3, 0.4) is 0 Å². The van der Waals surface area contributed by atoms with Gasteiger partial charge in [0.1, 0.15) is 11.9 Å². The lowest BCUT2D eigenvalue weighted by molar-refractivity contribution is 0.0375. The highest BCUT2D eigenvalue weighted by Gasteiger charge is 2.27. The van der Waals surface area contributed by atoms with Crippen molar-refractivity contribution in [3.8, 4) is 5.75 Å². The van der Waals surface area contributed by atoms with E-state index in [2.05, 4.69) is 11.9 Å². The summed E-state index contributed by atoms with van der Waals surface area (Å²) in [5, 5.41) is 0. The Labute approximate surface area is 97.2 Å². The van der Waals surface area contributed by atoms with E-state index >= 15 is 0 Å². The first-order valence-electron chi connectivity index (χ1n) is 5.70. The Bertz CT molecular complexity index is 364. The van der Waals surface area contributed by atoms with Gasteiger partial charge in [-0.15, -0.1) is 0 Å². The maximum atomic E-state index is 6.13. The van der Waals surface area contributed by atoms with Crippen molar-refractivity contribution < 1.29 is 4.74 Å². The van der Waals surface area contributed by atoms with Crippen LogP contribution in [-0.4, -0.2) is 31.1 Å². The molecular weight excluding hydrogens is 200 g/mol. The Morgan fingerprint density at radius 1 is 1.31 bits per heavy atom. The first kappa shape index (κ1) is 11.4. The number of rotatable bonds is 3. The molecule has 1 aliphatic heterocycles. The van der Waals surface area contributed by atoms with Crippen LogP contribution in [-0.2, 0) is 5.54 Å². The van der Waals surface area contributed by atoms with Crippen molar-refractivity contribution in [1.82, 2.24) is 4.90 Å². The summed E-state index contributed by atoms with van der Waals surface area (Å²) in [4.78, 5) is 2.24. The second kappa shape index (κ2) is 4.07. The molecule has 3 heteroatoms. The molecule has 0 bridgehead atoms. The zero-order valence-corrected chi connectivity index (χ0v) is 10.2. The van der Waals surface area contributed by atoms with Crippen molar-refractivity contribution in [2.24, 2.45) is 5.73 Å². The Morgan fingerprint density at radius 2 is 1.94 bits per heavy atom. The third kappa shape index (κ3) is 2.36. The van der Waals surface area contributed by atoms with E-state index in [1.54, 1.807) is 0 Å². The third-order valence-electron chi connectivity index (χ3n) is 2.91. The second-order valence-electron chi connectivity index (χ2n) is 5.18. The predicted octanol–water partition coefficient (Wildman–Crippen LogP) is 1.57. The van der Waals surface area contributed by atoms with Crippen LogP contribution in [0.1, 0.15) is 19.4 Å². The van der Waals surface area contributed by atoms with Crippen molar-refractivity contribution in [3.05, 3.63) is 29.8 Å². The van der Waals surface area contributed by atoms with E-state index in [9.17, 15) is 0 Å². The van der Waals surface area contributed by atoms with Gasteiger partial charge in [0, 0.05) is 24.2 Å². The number of para-hydroxylation sites is 1. The van der Waals surface area contributed by atoms with E-state index in [0.29, 0.717) is 6.10 Å². The molecule has 1 heterocycles. The van der Waals surface area contributed by atoms with Gasteiger partial charge in [0.05, 0.1) is 0 Å². The van der Waals surface area contributed by atoms with Gasteiger partial charge >= 0.3 is 0 Å². The van der Waals surface area contributed by atoms with Crippen LogP contribution in [0.2, 0.25) is 0 Å². The molecule has 1 aromatic rings. The van der Waals surface area contributed by atoms with Gasteiger partial charge in [-0.2, -0.15) is 0 Å². The van der Waals surface area contributed by atoms with Gasteiger partial charge in [-0.05, 0) is 27.0 Å². The Hall–Kier alpha value is -1.06. The number of benzene rings is 1. The summed E-state index contributed by atoms with van der Waals surface area (Å²) in [5.41, 5.74) is 6.85. The molecule has 0 spiro atoms. The molecule has 0 aromatic heterocycles. The van der Waals surface area contributed by atoms with Crippen LogP contribution in [0, 0.1) is 0 Å². The monoisotopic (exact) mass is 220 g/mol. The lowest BCUT2D eigenvalue weighted by atomic mass is 9.94. The molecule has 2 rings (SSSR count). The number of nitrogens with two attached hydrogens (primary N) is 1. The van der Waals surface area contributed by atoms with E-state index in [0.717, 1.165) is 24.4 Å². The van der Waals surface area contributed by atoms with E-state index in [1.165, 1.54) is 0 Å². The number of likely N-dealkylation sites (N-methyl/N-ethyl adjacent to an activating group) is 1. The largest absolute Gasteiger partial charge is 0.487 e. The van der Waals surface area contributed by atoms with E-state index < -0.39 is 0 Å². The molecule has 1 aromatic carbocycles. The van der Waals surface area contributed by atoms with Crippen molar-refractivity contribution in [2.75, 3.05) is 20.1 Å². The van der Waals surface area contributed by atoms with Gasteiger partial charge in [-0.1, -0.05) is 18.2 Å². The molecular formula is C13H20N2O. The summed E-state index contributed by atoms with van der Waals surface area (Å²) in [6, 6.07) is 8.04. The Kier molecular flexibility index (Phi) is 2.91. The summed E-state index contributed by atoms with van der Waals surface area (Å²) in [7, 11) is 2.10. The Balaban J connectivity index is 2.14. The fourth-order valence-electron chi connectivity index (χ4n) is 2.00. The van der Waals surface area contributed by atoms with Gasteiger partial charge in [0.15, 0.2) is 0 Å². The van der Waals surface area contributed by atoms with Crippen molar-refractivity contribution in [2.45, 2.75) is 25.5 Å². The van der Waals surface area contributed by atoms with E-state index in [-0.39, 0.29) is 5.54 Å². The van der Waals surface area contributed by atoms with Gasteiger partial charge in [-0.3, -0.25) is 4.90 Å². The molecule has 1 aliphatic rings. The zero-order valence-electron chi connectivity index (χ0n) is 10.2. The summed E-state index contributed by atoms with van der Waals surface area (Å²) < 4.78 is 5.96. The quantitative estimate of drug-likeness (QED) is 0.840. The van der Waals surface area contributed by atoms with Crippen molar-refractivity contribution >= 4 is 0 Å². The molecule has 0 amide bonds. The number of hydrogen-bond acceptors (Lipinski definition) is 3. The van der Waals surface area contributed by atoms with E-state index in [1.807, 2.05) is 38.1 Å². The lowest BCUT2D eigenvalue weighted by Crippen LogP contribution is -2.51. The van der Waals surface area contributed by atoms with Crippen molar-refractivity contribution in [1.29, 1.82) is 0 Å². The fraction of sp³-hybridized carbons (Fsp3) is 0.538. The highest BCUT2D eigenvalue weighted by molar-refractivity contribution is 5.38. The smallest absolute Gasteiger partial charge is 0.124 e. The van der Waals surface area contributed by atoms with Crippen LogP contribution in [0.25, 0.3) is 0 Å². The molecule has 0 saturated carbocycles.